The summed E-state index contributed by atoms with van der Waals surface area (Å²) in [6.45, 7) is 5.64. The molecule has 7 nitrogen and oxygen atoms in total. The fraction of sp³-hybridized carbons (Fsp3) is 0.240. The number of hydrogen-bond donors (Lipinski definition) is 1. The fourth-order valence-corrected chi connectivity index (χ4v) is 4.79. The molecule has 32 heavy (non-hydrogen) atoms. The molecule has 2 aliphatic rings. The third kappa shape index (κ3) is 3.26. The minimum Gasteiger partial charge on any atom is -0.366 e. The van der Waals surface area contributed by atoms with Crippen LogP contribution in [0.3, 0.4) is 0 Å². The van der Waals surface area contributed by atoms with Crippen LogP contribution in [0.2, 0.25) is 0 Å². The average molecular weight is 428 g/mol. The number of nitrogens with zero attached hydrogens (tertiary/aromatic N) is 3. The van der Waals surface area contributed by atoms with Gasteiger partial charge in [-0.05, 0) is 62.6 Å². The van der Waals surface area contributed by atoms with E-state index in [1.165, 1.54) is 0 Å². The zero-order valence-corrected chi connectivity index (χ0v) is 18.1. The van der Waals surface area contributed by atoms with Crippen LogP contribution in [-0.4, -0.2) is 28.5 Å². The molecule has 3 aromatic rings. The second-order valence-electron chi connectivity index (χ2n) is 8.34. The van der Waals surface area contributed by atoms with Crippen LogP contribution in [0.4, 0.5) is 17.1 Å². The number of nitro groups is 1. The first-order valence-electron chi connectivity index (χ1n) is 10.8. The van der Waals surface area contributed by atoms with Gasteiger partial charge in [-0.3, -0.25) is 14.9 Å². The van der Waals surface area contributed by atoms with E-state index in [-0.39, 0.29) is 16.5 Å². The van der Waals surface area contributed by atoms with Crippen molar-refractivity contribution in [3.8, 4) is 5.69 Å². The van der Waals surface area contributed by atoms with E-state index in [9.17, 15) is 14.9 Å². The molecule has 5 rings (SSSR count). The van der Waals surface area contributed by atoms with Gasteiger partial charge in [-0.1, -0.05) is 18.2 Å². The van der Waals surface area contributed by atoms with E-state index in [1.54, 1.807) is 6.07 Å². The van der Waals surface area contributed by atoms with Gasteiger partial charge < -0.3 is 14.8 Å². The molecular weight excluding hydrogens is 404 g/mol. The molecule has 2 aliphatic heterocycles. The number of hydrogen-bond acceptors (Lipinski definition) is 4. The molecule has 2 aromatic carbocycles. The van der Waals surface area contributed by atoms with E-state index in [1.807, 2.05) is 67.0 Å². The standard InChI is InChI=1S/C25H24N4O3/c1-16-13-18(14-21-20-7-3-4-8-22(20)26-25(21)30)17(2)28(16)19-9-10-23(24(15-19)29(31)32)27-11-5-6-12-27/h3-4,7-10,13-15H,5-6,11-12H2,1-2H3,(H,26,30)/b21-14+. The molecule has 1 amide bonds. The van der Waals surface area contributed by atoms with Crippen LogP contribution in [0.25, 0.3) is 17.3 Å². The van der Waals surface area contributed by atoms with Crippen LogP contribution in [-0.2, 0) is 4.79 Å². The SMILES string of the molecule is Cc1cc(/C=C2/C(=O)Nc3ccccc32)c(C)n1-c1ccc(N2CCCC2)c([N+](=O)[O-])c1. The first-order chi connectivity index (χ1) is 15.4. The highest BCUT2D eigenvalue weighted by molar-refractivity contribution is 6.34. The van der Waals surface area contributed by atoms with Crippen molar-refractivity contribution in [3.05, 3.63) is 81.2 Å². The number of fused-ring (bicyclic) bond motifs is 1. The molecule has 0 bridgehead atoms. The molecule has 1 N–H and O–H groups in total. The van der Waals surface area contributed by atoms with Crippen molar-refractivity contribution in [2.45, 2.75) is 26.7 Å². The Labute approximate surface area is 186 Å². The van der Waals surface area contributed by atoms with Gasteiger partial charge in [-0.25, -0.2) is 0 Å². The van der Waals surface area contributed by atoms with Gasteiger partial charge >= 0.3 is 0 Å². The zero-order chi connectivity index (χ0) is 22.4. The first-order valence-corrected chi connectivity index (χ1v) is 10.8. The minimum absolute atomic E-state index is 0.124. The maximum absolute atomic E-state index is 12.5. The molecule has 162 valence electrons. The Morgan fingerprint density at radius 1 is 1.06 bits per heavy atom. The largest absolute Gasteiger partial charge is 0.366 e. The quantitative estimate of drug-likeness (QED) is 0.356. The van der Waals surface area contributed by atoms with Crippen LogP contribution < -0.4 is 10.2 Å². The van der Waals surface area contributed by atoms with Crippen molar-refractivity contribution in [1.82, 2.24) is 4.57 Å². The lowest BCUT2D eigenvalue weighted by molar-refractivity contribution is -0.384. The number of rotatable bonds is 4. The second-order valence-corrected chi connectivity index (χ2v) is 8.34. The Hall–Kier alpha value is -3.87. The number of benzene rings is 2. The molecule has 1 saturated heterocycles. The molecule has 0 saturated carbocycles. The Bertz CT molecular complexity index is 1280. The number of nitrogens with one attached hydrogen (secondary N) is 1. The zero-order valence-electron chi connectivity index (χ0n) is 18.1. The van der Waals surface area contributed by atoms with E-state index in [0.717, 1.165) is 59.8 Å². The number of carbonyl (C=O) groups excluding carboxylic acids is 1. The Balaban J connectivity index is 1.57. The number of anilines is 2. The normalized spacial score (nSPS) is 16.5. The van der Waals surface area contributed by atoms with E-state index >= 15 is 0 Å². The van der Waals surface area contributed by atoms with E-state index in [2.05, 4.69) is 10.2 Å². The maximum atomic E-state index is 12.5. The highest BCUT2D eigenvalue weighted by Gasteiger charge is 2.26. The number of aromatic nitrogens is 1. The number of carbonyl (C=O) groups is 1. The molecule has 0 spiro atoms. The molecule has 1 fully saturated rings. The third-order valence-corrected chi connectivity index (χ3v) is 6.34. The van der Waals surface area contributed by atoms with Crippen LogP contribution in [0, 0.1) is 24.0 Å². The number of para-hydroxylation sites is 1. The Morgan fingerprint density at radius 2 is 1.81 bits per heavy atom. The predicted octanol–water partition coefficient (Wildman–Crippen LogP) is 5.10. The smallest absolute Gasteiger partial charge is 0.294 e. The number of nitro benzene ring substituents is 1. The van der Waals surface area contributed by atoms with Crippen LogP contribution in [0.5, 0.6) is 0 Å². The monoisotopic (exact) mass is 428 g/mol. The molecule has 0 aliphatic carbocycles. The summed E-state index contributed by atoms with van der Waals surface area (Å²) >= 11 is 0. The summed E-state index contributed by atoms with van der Waals surface area (Å²) < 4.78 is 2.01. The highest BCUT2D eigenvalue weighted by Crippen LogP contribution is 2.36. The van der Waals surface area contributed by atoms with Crippen molar-refractivity contribution in [3.63, 3.8) is 0 Å². The van der Waals surface area contributed by atoms with Crippen molar-refractivity contribution in [2.24, 2.45) is 0 Å². The fourth-order valence-electron chi connectivity index (χ4n) is 4.79. The van der Waals surface area contributed by atoms with Crippen molar-refractivity contribution in [2.75, 3.05) is 23.3 Å². The van der Waals surface area contributed by atoms with Gasteiger partial charge in [0.1, 0.15) is 5.69 Å². The summed E-state index contributed by atoms with van der Waals surface area (Å²) in [5.74, 6) is -0.124. The number of amides is 1. The third-order valence-electron chi connectivity index (χ3n) is 6.34. The predicted molar refractivity (Wildman–Crippen MR) is 126 cm³/mol. The topological polar surface area (TPSA) is 80.4 Å². The molecule has 1 aromatic heterocycles. The first kappa shape index (κ1) is 20.1. The molecule has 3 heterocycles. The average Bonchev–Trinajstić information content (AvgIpc) is 3.47. The Morgan fingerprint density at radius 3 is 2.56 bits per heavy atom. The van der Waals surface area contributed by atoms with Crippen molar-refractivity contribution >= 4 is 34.6 Å². The summed E-state index contributed by atoms with van der Waals surface area (Å²) in [5.41, 5.74) is 6.65. The lowest BCUT2D eigenvalue weighted by atomic mass is 10.0. The lowest BCUT2D eigenvalue weighted by Gasteiger charge is -2.19. The molecule has 0 unspecified atom stereocenters. The van der Waals surface area contributed by atoms with E-state index in [4.69, 9.17) is 0 Å². The summed E-state index contributed by atoms with van der Waals surface area (Å²) in [6, 6.07) is 15.1. The van der Waals surface area contributed by atoms with Gasteiger partial charge in [0.25, 0.3) is 11.6 Å². The van der Waals surface area contributed by atoms with Crippen LogP contribution in [0.15, 0.2) is 48.5 Å². The Kier molecular flexibility index (Phi) is 4.81. The lowest BCUT2D eigenvalue weighted by Crippen LogP contribution is -2.19. The second kappa shape index (κ2) is 7.67. The molecule has 7 heteroatoms. The summed E-state index contributed by atoms with van der Waals surface area (Å²) in [5, 5.41) is 14.7. The van der Waals surface area contributed by atoms with Gasteiger partial charge in [0, 0.05) is 47.4 Å². The van der Waals surface area contributed by atoms with E-state index < -0.39 is 0 Å². The van der Waals surface area contributed by atoms with Gasteiger partial charge in [-0.15, -0.1) is 0 Å². The maximum Gasteiger partial charge on any atom is 0.294 e. The molecular formula is C25H24N4O3. The highest BCUT2D eigenvalue weighted by atomic mass is 16.6. The molecule has 0 radical (unpaired) electrons. The summed E-state index contributed by atoms with van der Waals surface area (Å²) in [7, 11) is 0. The van der Waals surface area contributed by atoms with Crippen molar-refractivity contribution in [1.29, 1.82) is 0 Å². The van der Waals surface area contributed by atoms with Gasteiger partial charge in [0.15, 0.2) is 0 Å². The van der Waals surface area contributed by atoms with Crippen LogP contribution in [0.1, 0.15) is 35.4 Å². The van der Waals surface area contributed by atoms with Gasteiger partial charge in [0.05, 0.1) is 10.6 Å². The number of aryl methyl sites for hydroxylation is 1. The minimum atomic E-state index is -0.298. The summed E-state index contributed by atoms with van der Waals surface area (Å²) in [6.07, 6.45) is 4.01. The van der Waals surface area contributed by atoms with Crippen molar-refractivity contribution < 1.29 is 9.72 Å². The summed E-state index contributed by atoms with van der Waals surface area (Å²) in [4.78, 5) is 26.2. The van der Waals surface area contributed by atoms with Crippen LogP contribution >= 0.6 is 0 Å². The van der Waals surface area contributed by atoms with Gasteiger partial charge in [0.2, 0.25) is 0 Å². The molecule has 0 atom stereocenters. The van der Waals surface area contributed by atoms with E-state index in [0.29, 0.717) is 11.3 Å². The van der Waals surface area contributed by atoms with Gasteiger partial charge in [-0.2, -0.15) is 0 Å².